The predicted octanol–water partition coefficient (Wildman–Crippen LogP) is 6.12. The molecule has 1 fully saturated rings. The number of hydrogen-bond acceptors (Lipinski definition) is 6. The van der Waals surface area contributed by atoms with Gasteiger partial charge in [0.25, 0.3) is 5.91 Å². The van der Waals surface area contributed by atoms with E-state index in [1.807, 2.05) is 44.2 Å². The van der Waals surface area contributed by atoms with E-state index in [1.54, 1.807) is 30.3 Å². The summed E-state index contributed by atoms with van der Waals surface area (Å²) in [5.41, 5.74) is 3.00. The molecule has 208 valence electrons. The van der Waals surface area contributed by atoms with Gasteiger partial charge in [-0.2, -0.15) is 0 Å². The maximum absolute atomic E-state index is 14.1. The zero-order chi connectivity index (χ0) is 28.8. The number of halogens is 2. The quantitative estimate of drug-likeness (QED) is 0.111. The summed E-state index contributed by atoms with van der Waals surface area (Å²) in [7, 11) is 1.28. The molecule has 1 saturated heterocycles. The van der Waals surface area contributed by atoms with Crippen molar-refractivity contribution in [2.45, 2.75) is 26.9 Å². The Morgan fingerprint density at radius 3 is 2.45 bits per heavy atom. The predicted molar refractivity (Wildman–Crippen MR) is 164 cm³/mol. The first-order valence-corrected chi connectivity index (χ1v) is 14.1. The number of amides is 1. The molecule has 0 aliphatic carbocycles. The number of nitrogens with zero attached hydrogens (tertiary/aromatic N) is 2. The molecule has 0 atom stereocenters. The van der Waals surface area contributed by atoms with Crippen LogP contribution >= 0.6 is 34.8 Å². The van der Waals surface area contributed by atoms with E-state index in [9.17, 15) is 14.0 Å². The topological polar surface area (TPSA) is 68.3 Å². The highest BCUT2D eigenvalue weighted by Gasteiger charge is 2.40. The van der Waals surface area contributed by atoms with Crippen LogP contribution in [-0.4, -0.2) is 42.2 Å². The highest BCUT2D eigenvalue weighted by molar-refractivity contribution is 14.1. The first-order chi connectivity index (χ1) is 19.3. The largest absolute Gasteiger partial charge is 0.490 e. The number of anilines is 1. The van der Waals surface area contributed by atoms with E-state index in [0.29, 0.717) is 38.5 Å². The molecule has 10 heteroatoms. The Morgan fingerprint density at radius 2 is 1.80 bits per heavy atom. The van der Waals surface area contributed by atoms with Crippen LogP contribution in [0.1, 0.15) is 30.5 Å². The van der Waals surface area contributed by atoms with Gasteiger partial charge in [-0.05, 0) is 95.7 Å². The van der Waals surface area contributed by atoms with Crippen molar-refractivity contribution in [2.24, 2.45) is 0 Å². The molecule has 0 bridgehead atoms. The lowest BCUT2D eigenvalue weighted by Crippen LogP contribution is -2.35. The number of carbonyl (C=O) groups is 2. The van der Waals surface area contributed by atoms with E-state index >= 15 is 0 Å². The minimum Gasteiger partial charge on any atom is -0.490 e. The van der Waals surface area contributed by atoms with Gasteiger partial charge in [0.15, 0.2) is 16.6 Å². The molecule has 1 aliphatic rings. The molecule has 40 heavy (non-hydrogen) atoms. The van der Waals surface area contributed by atoms with Crippen LogP contribution in [-0.2, 0) is 27.4 Å². The molecule has 7 nitrogen and oxygen atoms in total. The zero-order valence-corrected chi connectivity index (χ0v) is 25.3. The van der Waals surface area contributed by atoms with E-state index in [2.05, 4.69) is 22.6 Å². The van der Waals surface area contributed by atoms with Crippen molar-refractivity contribution < 1.29 is 28.2 Å². The molecular weight excluding hydrogens is 646 g/mol. The van der Waals surface area contributed by atoms with Crippen molar-refractivity contribution in [3.63, 3.8) is 0 Å². The third kappa shape index (κ3) is 6.44. The summed E-state index contributed by atoms with van der Waals surface area (Å²) in [5.74, 6) is -0.355. The molecule has 3 aromatic carbocycles. The normalized spacial score (nSPS) is 14.2. The van der Waals surface area contributed by atoms with E-state index in [0.717, 1.165) is 12.0 Å². The molecule has 0 saturated carbocycles. The second kappa shape index (κ2) is 13.2. The highest BCUT2D eigenvalue weighted by atomic mass is 127. The first kappa shape index (κ1) is 29.5. The third-order valence-electron chi connectivity index (χ3n) is 6.22. The summed E-state index contributed by atoms with van der Waals surface area (Å²) in [6, 6.07) is 17.5. The number of aryl methyl sites for hydroxylation is 1. The van der Waals surface area contributed by atoms with Gasteiger partial charge in [-0.1, -0.05) is 37.3 Å². The third-order valence-corrected chi connectivity index (χ3v) is 7.42. The maximum Gasteiger partial charge on any atom is 0.325 e. The maximum atomic E-state index is 14.1. The van der Waals surface area contributed by atoms with Gasteiger partial charge in [0, 0.05) is 5.56 Å². The van der Waals surface area contributed by atoms with Gasteiger partial charge in [0.05, 0.1) is 23.0 Å². The summed E-state index contributed by atoms with van der Waals surface area (Å²) in [6.45, 7) is 4.06. The van der Waals surface area contributed by atoms with E-state index < -0.39 is 5.97 Å². The number of rotatable bonds is 10. The fourth-order valence-corrected chi connectivity index (χ4v) is 5.26. The molecular formula is C30H28FIN2O5S. The lowest BCUT2D eigenvalue weighted by Gasteiger charge is -2.19. The Balaban J connectivity index is 1.71. The second-order valence-electron chi connectivity index (χ2n) is 8.78. The number of hydrogen-bond donors (Lipinski definition) is 0. The summed E-state index contributed by atoms with van der Waals surface area (Å²) in [4.78, 5) is 28.8. The van der Waals surface area contributed by atoms with Gasteiger partial charge >= 0.3 is 5.97 Å². The number of esters is 1. The Labute approximate surface area is 251 Å². The van der Waals surface area contributed by atoms with Gasteiger partial charge in [0.2, 0.25) is 0 Å². The molecule has 0 N–H and O–H groups in total. The molecule has 0 unspecified atom stereocenters. The lowest BCUT2D eigenvalue weighted by molar-refractivity contribution is -0.140. The first-order valence-electron chi connectivity index (χ1n) is 12.6. The zero-order valence-electron chi connectivity index (χ0n) is 22.3. The van der Waals surface area contributed by atoms with E-state index in [4.69, 9.17) is 26.4 Å². The standard InChI is InChI=1S/C30H28FIN2O5S/c1-4-19-10-12-22(13-11-19)34-29(36)25(33(30(34)40)17-27(35)37-3)15-20-14-24(32)28(26(16-20)38-5-2)39-18-21-8-6-7-9-23(21)31/h6-16H,4-5,17-18H2,1-3H3/b25-15-. The van der Waals surface area contributed by atoms with Crippen LogP contribution in [0.15, 0.2) is 66.4 Å². The molecule has 0 radical (unpaired) electrons. The molecule has 1 heterocycles. The average molecular weight is 675 g/mol. The fraction of sp³-hybridized carbons (Fsp3) is 0.233. The van der Waals surface area contributed by atoms with Crippen LogP contribution in [0, 0.1) is 9.39 Å². The molecule has 3 aromatic rings. The minimum absolute atomic E-state index is 0.0225. The Hall–Kier alpha value is -3.51. The summed E-state index contributed by atoms with van der Waals surface area (Å²) >= 11 is 7.77. The smallest absolute Gasteiger partial charge is 0.325 e. The summed E-state index contributed by atoms with van der Waals surface area (Å²) in [5, 5.41) is 0.176. The summed E-state index contributed by atoms with van der Waals surface area (Å²) < 4.78 is 31.5. The minimum atomic E-state index is -0.536. The fourth-order valence-electron chi connectivity index (χ4n) is 4.13. The monoisotopic (exact) mass is 674 g/mol. The van der Waals surface area contributed by atoms with Crippen molar-refractivity contribution in [2.75, 3.05) is 25.2 Å². The van der Waals surface area contributed by atoms with Gasteiger partial charge in [-0.3, -0.25) is 14.5 Å². The number of benzene rings is 3. The lowest BCUT2D eigenvalue weighted by atomic mass is 10.1. The van der Waals surface area contributed by atoms with Crippen molar-refractivity contribution >= 4 is 63.6 Å². The van der Waals surface area contributed by atoms with Gasteiger partial charge in [0.1, 0.15) is 24.7 Å². The average Bonchev–Trinajstić information content (AvgIpc) is 3.17. The van der Waals surface area contributed by atoms with E-state index in [1.165, 1.54) is 23.0 Å². The van der Waals surface area contributed by atoms with E-state index in [-0.39, 0.29) is 35.7 Å². The molecule has 4 rings (SSSR count). The Kier molecular flexibility index (Phi) is 9.75. The van der Waals surface area contributed by atoms with Crippen LogP contribution in [0.3, 0.4) is 0 Å². The number of ether oxygens (including phenoxy) is 3. The highest BCUT2D eigenvalue weighted by Crippen LogP contribution is 2.37. The Morgan fingerprint density at radius 1 is 1.07 bits per heavy atom. The van der Waals surface area contributed by atoms with Crippen LogP contribution in [0.4, 0.5) is 10.1 Å². The molecule has 1 aliphatic heterocycles. The van der Waals surface area contributed by atoms with Gasteiger partial charge in [-0.15, -0.1) is 0 Å². The van der Waals surface area contributed by atoms with Crippen LogP contribution in [0.25, 0.3) is 6.08 Å². The van der Waals surface area contributed by atoms with Crippen LogP contribution in [0.5, 0.6) is 11.5 Å². The SMILES string of the molecule is CCOc1cc(/C=C2/C(=O)N(c3ccc(CC)cc3)C(=S)N2CC(=O)OC)cc(I)c1OCc1ccccc1F. The van der Waals surface area contributed by atoms with Crippen molar-refractivity contribution in [3.05, 3.63) is 92.4 Å². The van der Waals surface area contributed by atoms with Crippen molar-refractivity contribution in [1.29, 1.82) is 0 Å². The van der Waals surface area contributed by atoms with Gasteiger partial charge in [-0.25, -0.2) is 4.39 Å². The van der Waals surface area contributed by atoms with Crippen molar-refractivity contribution in [3.8, 4) is 11.5 Å². The second-order valence-corrected chi connectivity index (χ2v) is 10.3. The van der Waals surface area contributed by atoms with Crippen LogP contribution in [0.2, 0.25) is 0 Å². The van der Waals surface area contributed by atoms with Crippen LogP contribution < -0.4 is 14.4 Å². The number of thiocarbonyl (C=S) groups is 1. The van der Waals surface area contributed by atoms with Gasteiger partial charge < -0.3 is 19.1 Å². The molecule has 0 spiro atoms. The number of methoxy groups -OCH3 is 1. The summed E-state index contributed by atoms with van der Waals surface area (Å²) in [6.07, 6.45) is 2.52. The van der Waals surface area contributed by atoms with Crippen molar-refractivity contribution in [1.82, 2.24) is 4.90 Å². The Bertz CT molecular complexity index is 1460. The molecule has 1 amide bonds. The molecule has 0 aromatic heterocycles. The number of carbonyl (C=O) groups excluding carboxylic acids is 2.